The Kier molecular flexibility index (Phi) is 9.97. The van der Waals surface area contributed by atoms with Gasteiger partial charge in [0, 0.05) is 51.0 Å². The van der Waals surface area contributed by atoms with Gasteiger partial charge in [-0.3, -0.25) is 4.79 Å². The van der Waals surface area contributed by atoms with E-state index in [0.29, 0.717) is 61.3 Å². The van der Waals surface area contributed by atoms with Crippen molar-refractivity contribution in [2.75, 3.05) is 45.3 Å². The molecule has 0 spiro atoms. The highest BCUT2D eigenvalue weighted by Crippen LogP contribution is 2.35. The number of amides is 1. The van der Waals surface area contributed by atoms with E-state index in [4.69, 9.17) is 14.2 Å². The lowest BCUT2D eigenvalue weighted by molar-refractivity contribution is -0.137. The molecule has 230 valence electrons. The molecule has 1 amide bonds. The van der Waals surface area contributed by atoms with Crippen LogP contribution in [0.1, 0.15) is 71.8 Å². The number of piperidine rings is 1. The minimum Gasteiger partial charge on any atom is -0.379 e. The number of hydrogen-bond acceptors (Lipinski definition) is 8. The molecule has 0 radical (unpaired) electrons. The van der Waals surface area contributed by atoms with E-state index in [2.05, 4.69) is 20.6 Å². The van der Waals surface area contributed by atoms with Crippen molar-refractivity contribution in [2.45, 2.75) is 82.0 Å². The highest BCUT2D eigenvalue weighted by molar-refractivity contribution is 5.94. The fourth-order valence-corrected chi connectivity index (χ4v) is 6.10. The number of hydrogen-bond donors (Lipinski definition) is 2. The molecule has 3 fully saturated rings. The van der Waals surface area contributed by atoms with Crippen LogP contribution in [0.25, 0.3) is 0 Å². The van der Waals surface area contributed by atoms with Gasteiger partial charge in [0.05, 0.1) is 30.5 Å². The molecule has 42 heavy (non-hydrogen) atoms. The summed E-state index contributed by atoms with van der Waals surface area (Å²) in [5.74, 6) is 0.440. The zero-order valence-corrected chi connectivity index (χ0v) is 24.2. The number of nitrogens with zero attached hydrogens (tertiary/aromatic N) is 3. The van der Waals surface area contributed by atoms with Gasteiger partial charge in [-0.05, 0) is 63.1 Å². The summed E-state index contributed by atoms with van der Waals surface area (Å²) < 4.78 is 56.9. The van der Waals surface area contributed by atoms with Crippen LogP contribution >= 0.6 is 0 Å². The van der Waals surface area contributed by atoms with Gasteiger partial charge in [0.15, 0.2) is 0 Å². The van der Waals surface area contributed by atoms with Gasteiger partial charge in [-0.15, -0.1) is 0 Å². The Hall–Kier alpha value is -2.80. The van der Waals surface area contributed by atoms with Crippen molar-refractivity contribution >= 4 is 11.7 Å². The number of aromatic nitrogens is 2. The molecule has 2 N–H and O–H groups in total. The molecule has 0 aliphatic carbocycles. The van der Waals surface area contributed by atoms with Gasteiger partial charge in [0.25, 0.3) is 5.91 Å². The van der Waals surface area contributed by atoms with Crippen molar-refractivity contribution in [3.63, 3.8) is 0 Å². The first-order valence-electron chi connectivity index (χ1n) is 14.8. The number of likely N-dealkylation sites (tertiary alicyclic amines) is 1. The van der Waals surface area contributed by atoms with Crippen LogP contribution < -0.4 is 10.6 Å². The van der Waals surface area contributed by atoms with Crippen LogP contribution in [0, 0.1) is 6.92 Å². The zero-order chi connectivity index (χ0) is 29.7. The number of halogens is 3. The maximum atomic E-state index is 13.4. The highest BCUT2D eigenvalue weighted by Gasteiger charge is 2.33. The van der Waals surface area contributed by atoms with E-state index in [1.807, 2.05) is 11.8 Å². The Morgan fingerprint density at radius 2 is 1.95 bits per heavy atom. The Morgan fingerprint density at radius 3 is 2.71 bits per heavy atom. The Balaban J connectivity index is 1.14. The van der Waals surface area contributed by atoms with Crippen LogP contribution in [0.3, 0.4) is 0 Å². The molecule has 4 atom stereocenters. The summed E-state index contributed by atoms with van der Waals surface area (Å²) >= 11 is 0. The number of anilines is 1. The maximum Gasteiger partial charge on any atom is 0.416 e. The van der Waals surface area contributed by atoms with Crippen LogP contribution in [0.5, 0.6) is 0 Å². The summed E-state index contributed by atoms with van der Waals surface area (Å²) in [6, 6.07) is 5.92. The smallest absolute Gasteiger partial charge is 0.379 e. The average Bonchev–Trinajstić information content (AvgIpc) is 3.01. The molecule has 3 aliphatic heterocycles. The van der Waals surface area contributed by atoms with E-state index < -0.39 is 17.8 Å². The molecule has 2 aromatic rings. The molecule has 0 saturated carbocycles. The maximum absolute atomic E-state index is 13.4. The van der Waals surface area contributed by atoms with Crippen molar-refractivity contribution in [2.24, 2.45) is 0 Å². The molecule has 1 aromatic carbocycles. The number of carbonyl (C=O) groups excluding carboxylic acids is 1. The topological polar surface area (TPSA) is 97.8 Å². The van der Waals surface area contributed by atoms with Crippen molar-refractivity contribution in [1.29, 1.82) is 0 Å². The molecule has 1 unspecified atom stereocenters. The summed E-state index contributed by atoms with van der Waals surface area (Å²) in [6.45, 7) is 4.84. The van der Waals surface area contributed by atoms with Crippen LogP contribution in [0.15, 0.2) is 30.6 Å². The van der Waals surface area contributed by atoms with Crippen molar-refractivity contribution < 1.29 is 32.2 Å². The minimum atomic E-state index is -4.39. The SMILES string of the molecule is CO[C@@H]1COCC[C@@H]1NC1CCN(C(=O)c2ncnc(NCC3CCC[C@@H](c4cccc(C(F)(F)F)c4)O3)c2C)CC1. The molecule has 12 heteroatoms. The van der Waals surface area contributed by atoms with Crippen LogP contribution in [-0.2, 0) is 20.4 Å². The Bertz CT molecular complexity index is 1210. The predicted molar refractivity (Wildman–Crippen MR) is 150 cm³/mol. The van der Waals surface area contributed by atoms with Gasteiger partial charge in [0.2, 0.25) is 0 Å². The second kappa shape index (κ2) is 13.7. The van der Waals surface area contributed by atoms with E-state index in [9.17, 15) is 18.0 Å². The zero-order valence-electron chi connectivity index (χ0n) is 24.2. The van der Waals surface area contributed by atoms with Crippen LogP contribution in [0.4, 0.5) is 19.0 Å². The summed E-state index contributed by atoms with van der Waals surface area (Å²) in [6.07, 6.45) is 1.32. The van der Waals surface area contributed by atoms with Crippen LogP contribution in [-0.4, -0.2) is 85.0 Å². The van der Waals surface area contributed by atoms with E-state index in [-0.39, 0.29) is 24.2 Å². The summed E-state index contributed by atoms with van der Waals surface area (Å²) in [4.78, 5) is 23.9. The van der Waals surface area contributed by atoms with Gasteiger partial charge in [-0.2, -0.15) is 13.2 Å². The molecule has 1 aromatic heterocycles. The molecular formula is C30H40F3N5O4. The van der Waals surface area contributed by atoms with Crippen molar-refractivity contribution in [1.82, 2.24) is 20.2 Å². The summed E-state index contributed by atoms with van der Waals surface area (Å²) in [5.41, 5.74) is 0.899. The van der Waals surface area contributed by atoms with Crippen LogP contribution in [0.2, 0.25) is 0 Å². The molecule has 4 heterocycles. The monoisotopic (exact) mass is 591 g/mol. The first-order chi connectivity index (χ1) is 20.2. The van der Waals surface area contributed by atoms with Gasteiger partial charge in [-0.25, -0.2) is 9.97 Å². The predicted octanol–water partition coefficient (Wildman–Crippen LogP) is 4.52. The van der Waals surface area contributed by atoms with Crippen molar-refractivity contribution in [3.8, 4) is 0 Å². The lowest BCUT2D eigenvalue weighted by atomic mass is 9.97. The largest absolute Gasteiger partial charge is 0.416 e. The number of methoxy groups -OCH3 is 1. The van der Waals surface area contributed by atoms with E-state index in [1.54, 1.807) is 13.2 Å². The normalized spacial score (nSPS) is 25.8. The number of carbonyl (C=O) groups is 1. The van der Waals surface area contributed by atoms with Gasteiger partial charge in [0.1, 0.15) is 17.8 Å². The lowest BCUT2D eigenvalue weighted by Gasteiger charge is -2.38. The fraction of sp³-hybridized carbons (Fsp3) is 0.633. The fourth-order valence-electron chi connectivity index (χ4n) is 6.10. The summed E-state index contributed by atoms with van der Waals surface area (Å²) in [5, 5.41) is 7.00. The Morgan fingerprint density at radius 1 is 1.14 bits per heavy atom. The third-order valence-electron chi connectivity index (χ3n) is 8.56. The molecule has 0 bridgehead atoms. The second-order valence-corrected chi connectivity index (χ2v) is 11.4. The van der Waals surface area contributed by atoms with Gasteiger partial charge >= 0.3 is 6.18 Å². The molecule has 3 saturated heterocycles. The van der Waals surface area contributed by atoms with Crippen molar-refractivity contribution in [3.05, 3.63) is 53.0 Å². The minimum absolute atomic E-state index is 0.0403. The number of ether oxygens (including phenoxy) is 3. The molecule has 3 aliphatic rings. The van der Waals surface area contributed by atoms with E-state index in [1.165, 1.54) is 18.5 Å². The molecule has 5 rings (SSSR count). The molecular weight excluding hydrogens is 551 g/mol. The highest BCUT2D eigenvalue weighted by atomic mass is 19.4. The average molecular weight is 592 g/mol. The van der Waals surface area contributed by atoms with Gasteiger partial charge < -0.3 is 29.7 Å². The quantitative estimate of drug-likeness (QED) is 0.463. The lowest BCUT2D eigenvalue weighted by Crippen LogP contribution is -2.54. The van der Waals surface area contributed by atoms with E-state index in [0.717, 1.165) is 44.8 Å². The number of alkyl halides is 3. The molecule has 9 nitrogen and oxygen atoms in total. The first kappa shape index (κ1) is 30.7. The summed E-state index contributed by atoms with van der Waals surface area (Å²) in [7, 11) is 1.71. The van der Waals surface area contributed by atoms with E-state index >= 15 is 0 Å². The second-order valence-electron chi connectivity index (χ2n) is 11.4. The first-order valence-corrected chi connectivity index (χ1v) is 14.8. The third-order valence-corrected chi connectivity index (χ3v) is 8.56. The van der Waals surface area contributed by atoms with Gasteiger partial charge in [-0.1, -0.05) is 12.1 Å². The third kappa shape index (κ3) is 7.39. The number of rotatable bonds is 8. The standard InChI is InChI=1S/C30H40F3N5O4/c1-19-27(29(39)38-12-9-22(10-13-38)37-24-11-14-41-17-26(24)40-2)35-18-36-28(19)34-16-23-7-4-8-25(42-23)20-5-3-6-21(15-20)30(31,32)33/h3,5-6,15,18,22-26,37H,4,7-14,16-17H2,1-2H3,(H,34,35,36)/t23?,24-,25-,26+/m0/s1. The number of benzene rings is 1. The number of nitrogens with one attached hydrogen (secondary N) is 2. The Labute approximate surface area is 244 Å².